The quantitative estimate of drug-likeness (QED) is 0.872. The van der Waals surface area contributed by atoms with Crippen molar-refractivity contribution >= 4 is 0 Å². The van der Waals surface area contributed by atoms with E-state index in [0.29, 0.717) is 24.7 Å². The van der Waals surface area contributed by atoms with Crippen molar-refractivity contribution in [3.8, 4) is 11.4 Å². The lowest BCUT2D eigenvalue weighted by molar-refractivity contribution is 0.0253. The van der Waals surface area contributed by atoms with Gasteiger partial charge in [-0.25, -0.2) is 9.97 Å². The average molecular weight is 261 g/mol. The Morgan fingerprint density at radius 3 is 3.16 bits per heavy atom. The summed E-state index contributed by atoms with van der Waals surface area (Å²) in [5, 5.41) is 7.25. The molecule has 3 heterocycles. The fourth-order valence-corrected chi connectivity index (χ4v) is 2.02. The second-order valence-electron chi connectivity index (χ2n) is 4.25. The standard InChI is InChI=1S/C12H15N5O2/c1-2-10-16-12(17-19-10)8-5-14-7-15-11(8)9-6-13-3-4-18-9/h5,7,9,13H,2-4,6H2,1H3/t9-/m1/s1. The highest BCUT2D eigenvalue weighted by molar-refractivity contribution is 5.56. The topological polar surface area (TPSA) is 86.0 Å². The van der Waals surface area contributed by atoms with Crippen LogP contribution in [0.4, 0.5) is 0 Å². The zero-order valence-electron chi connectivity index (χ0n) is 10.7. The largest absolute Gasteiger partial charge is 0.369 e. The van der Waals surface area contributed by atoms with Crippen molar-refractivity contribution in [1.82, 2.24) is 25.4 Å². The number of ether oxygens (including phenoxy) is 1. The number of rotatable bonds is 3. The number of aryl methyl sites for hydroxylation is 1. The minimum Gasteiger partial charge on any atom is -0.369 e. The van der Waals surface area contributed by atoms with Gasteiger partial charge in [0.25, 0.3) is 0 Å². The molecule has 1 aliphatic rings. The highest BCUT2D eigenvalue weighted by atomic mass is 16.5. The predicted molar refractivity (Wildman–Crippen MR) is 66.3 cm³/mol. The zero-order valence-corrected chi connectivity index (χ0v) is 10.7. The second kappa shape index (κ2) is 5.41. The fraction of sp³-hybridized carbons (Fsp3) is 0.500. The number of aromatic nitrogens is 4. The van der Waals surface area contributed by atoms with E-state index in [-0.39, 0.29) is 6.10 Å². The Morgan fingerprint density at radius 2 is 2.42 bits per heavy atom. The van der Waals surface area contributed by atoms with Gasteiger partial charge in [0.1, 0.15) is 12.4 Å². The van der Waals surface area contributed by atoms with Crippen LogP contribution in [0.15, 0.2) is 17.0 Å². The van der Waals surface area contributed by atoms with Crippen LogP contribution in [-0.2, 0) is 11.2 Å². The van der Waals surface area contributed by atoms with Crippen molar-refractivity contribution < 1.29 is 9.26 Å². The first-order chi connectivity index (χ1) is 9.38. The van der Waals surface area contributed by atoms with Crippen LogP contribution in [0.3, 0.4) is 0 Å². The van der Waals surface area contributed by atoms with Gasteiger partial charge in [-0.3, -0.25) is 0 Å². The summed E-state index contributed by atoms with van der Waals surface area (Å²) >= 11 is 0. The van der Waals surface area contributed by atoms with Crippen molar-refractivity contribution in [2.24, 2.45) is 0 Å². The SMILES string of the molecule is CCc1nc(-c2cncnc2[C@H]2CNCCO2)no1. The van der Waals surface area contributed by atoms with E-state index in [4.69, 9.17) is 9.26 Å². The van der Waals surface area contributed by atoms with Crippen molar-refractivity contribution in [3.05, 3.63) is 24.1 Å². The van der Waals surface area contributed by atoms with Crippen molar-refractivity contribution in [2.45, 2.75) is 19.4 Å². The lowest BCUT2D eigenvalue weighted by Gasteiger charge is -2.23. The molecule has 0 unspecified atom stereocenters. The third-order valence-electron chi connectivity index (χ3n) is 2.99. The first-order valence-electron chi connectivity index (χ1n) is 6.33. The molecule has 2 aromatic heterocycles. The molecule has 7 nitrogen and oxygen atoms in total. The summed E-state index contributed by atoms with van der Waals surface area (Å²) < 4.78 is 10.9. The van der Waals surface area contributed by atoms with E-state index < -0.39 is 0 Å². The first kappa shape index (κ1) is 12.2. The molecular weight excluding hydrogens is 246 g/mol. The summed E-state index contributed by atoms with van der Waals surface area (Å²) in [5.41, 5.74) is 1.56. The monoisotopic (exact) mass is 261 g/mol. The van der Waals surface area contributed by atoms with Gasteiger partial charge >= 0.3 is 0 Å². The zero-order chi connectivity index (χ0) is 13.1. The maximum absolute atomic E-state index is 5.72. The van der Waals surface area contributed by atoms with E-state index in [1.165, 1.54) is 6.33 Å². The minimum atomic E-state index is -0.102. The van der Waals surface area contributed by atoms with Crippen molar-refractivity contribution in [2.75, 3.05) is 19.7 Å². The van der Waals surface area contributed by atoms with Gasteiger partial charge < -0.3 is 14.6 Å². The molecule has 0 aromatic carbocycles. The molecule has 1 atom stereocenters. The van der Waals surface area contributed by atoms with Crippen LogP contribution < -0.4 is 5.32 Å². The molecule has 19 heavy (non-hydrogen) atoms. The first-order valence-corrected chi connectivity index (χ1v) is 6.33. The molecule has 7 heteroatoms. The van der Waals surface area contributed by atoms with Crippen LogP contribution in [0.5, 0.6) is 0 Å². The van der Waals surface area contributed by atoms with Crippen LogP contribution in [0, 0.1) is 0 Å². The summed E-state index contributed by atoms with van der Waals surface area (Å²) in [6, 6.07) is 0. The van der Waals surface area contributed by atoms with E-state index >= 15 is 0 Å². The van der Waals surface area contributed by atoms with E-state index in [0.717, 1.165) is 24.3 Å². The Bertz CT molecular complexity index is 551. The highest BCUT2D eigenvalue weighted by Gasteiger charge is 2.23. The Hall–Kier alpha value is -1.86. The molecule has 1 aliphatic heterocycles. The highest BCUT2D eigenvalue weighted by Crippen LogP contribution is 2.26. The van der Waals surface area contributed by atoms with Gasteiger partial charge in [-0.1, -0.05) is 12.1 Å². The molecule has 0 radical (unpaired) electrons. The summed E-state index contributed by atoms with van der Waals surface area (Å²) in [6.07, 6.45) is 3.81. The lowest BCUT2D eigenvalue weighted by Crippen LogP contribution is -2.34. The molecule has 100 valence electrons. The van der Waals surface area contributed by atoms with E-state index in [1.807, 2.05) is 6.92 Å². The molecule has 0 saturated carbocycles. The summed E-state index contributed by atoms with van der Waals surface area (Å²) in [6.45, 7) is 4.22. The van der Waals surface area contributed by atoms with Gasteiger partial charge in [-0.2, -0.15) is 4.98 Å². The maximum Gasteiger partial charge on any atom is 0.226 e. The second-order valence-corrected chi connectivity index (χ2v) is 4.25. The molecule has 0 spiro atoms. The van der Waals surface area contributed by atoms with Crippen LogP contribution >= 0.6 is 0 Å². The molecule has 0 bridgehead atoms. The van der Waals surface area contributed by atoms with Gasteiger partial charge in [0.2, 0.25) is 11.7 Å². The predicted octanol–water partition coefficient (Wildman–Crippen LogP) is 0.750. The van der Waals surface area contributed by atoms with E-state index in [9.17, 15) is 0 Å². The Morgan fingerprint density at radius 1 is 1.47 bits per heavy atom. The van der Waals surface area contributed by atoms with Crippen LogP contribution in [0.25, 0.3) is 11.4 Å². The van der Waals surface area contributed by atoms with Crippen LogP contribution in [0.1, 0.15) is 24.6 Å². The van der Waals surface area contributed by atoms with Gasteiger partial charge in [0.15, 0.2) is 0 Å². The summed E-state index contributed by atoms with van der Waals surface area (Å²) in [7, 11) is 0. The van der Waals surface area contributed by atoms with Gasteiger partial charge in [-0.15, -0.1) is 0 Å². The summed E-state index contributed by atoms with van der Waals surface area (Å²) in [5.74, 6) is 1.12. The van der Waals surface area contributed by atoms with E-state index in [1.54, 1.807) is 6.20 Å². The normalized spacial score (nSPS) is 19.5. The smallest absolute Gasteiger partial charge is 0.226 e. The third-order valence-corrected chi connectivity index (χ3v) is 2.99. The number of morpholine rings is 1. The van der Waals surface area contributed by atoms with Crippen LogP contribution in [-0.4, -0.2) is 39.8 Å². The number of nitrogens with zero attached hydrogens (tertiary/aromatic N) is 4. The van der Waals surface area contributed by atoms with Gasteiger partial charge in [-0.05, 0) is 0 Å². The average Bonchev–Trinajstić information content (AvgIpc) is 2.97. The van der Waals surface area contributed by atoms with Crippen LogP contribution in [0.2, 0.25) is 0 Å². The fourth-order valence-electron chi connectivity index (χ4n) is 2.02. The molecule has 1 saturated heterocycles. The van der Waals surface area contributed by atoms with Gasteiger partial charge in [0, 0.05) is 25.7 Å². The Balaban J connectivity index is 1.96. The maximum atomic E-state index is 5.72. The van der Waals surface area contributed by atoms with Crippen molar-refractivity contribution in [1.29, 1.82) is 0 Å². The molecule has 1 fully saturated rings. The third kappa shape index (κ3) is 2.47. The molecule has 2 aromatic rings. The lowest BCUT2D eigenvalue weighted by atomic mass is 10.1. The number of hydrogen-bond donors (Lipinski definition) is 1. The molecule has 3 rings (SSSR count). The Labute approximate surface area is 110 Å². The van der Waals surface area contributed by atoms with Gasteiger partial charge in [0.05, 0.1) is 17.9 Å². The molecule has 0 amide bonds. The molecule has 0 aliphatic carbocycles. The summed E-state index contributed by atoms with van der Waals surface area (Å²) in [4.78, 5) is 12.7. The molecule has 1 N–H and O–H groups in total. The number of nitrogens with one attached hydrogen (secondary N) is 1. The molecular formula is C12H15N5O2. The Kier molecular flexibility index (Phi) is 3.47. The minimum absolute atomic E-state index is 0.102. The van der Waals surface area contributed by atoms with Crippen molar-refractivity contribution in [3.63, 3.8) is 0 Å². The van der Waals surface area contributed by atoms with E-state index in [2.05, 4.69) is 25.4 Å². The number of hydrogen-bond acceptors (Lipinski definition) is 7.